The highest BCUT2D eigenvalue weighted by Gasteiger charge is 2.13. The van der Waals surface area contributed by atoms with Crippen LogP contribution in [0.3, 0.4) is 0 Å². The lowest BCUT2D eigenvalue weighted by Gasteiger charge is -2.08. The average molecular weight is 302 g/mol. The van der Waals surface area contributed by atoms with Crippen molar-refractivity contribution in [3.05, 3.63) is 82.9 Å². The highest BCUT2D eigenvalue weighted by molar-refractivity contribution is 5.77. The number of rotatable bonds is 3. The van der Waals surface area contributed by atoms with Crippen molar-refractivity contribution in [2.24, 2.45) is 0 Å². The molecule has 1 aromatic carbocycles. The number of hydrogen-bond donors (Lipinski definition) is 1. The second kappa shape index (κ2) is 5.53. The molecule has 0 bridgehead atoms. The Morgan fingerprint density at radius 3 is 2.65 bits per heavy atom. The van der Waals surface area contributed by atoms with Gasteiger partial charge in [-0.15, -0.1) is 0 Å². The maximum atomic E-state index is 11.3. The topological polar surface area (TPSA) is 63.6 Å². The van der Waals surface area contributed by atoms with E-state index in [1.807, 2.05) is 30.3 Å². The van der Waals surface area contributed by atoms with Gasteiger partial charge in [0.2, 0.25) is 5.56 Å². The number of nitrogens with one attached hydrogen (secondary N) is 1. The third-order valence-electron chi connectivity index (χ3n) is 3.73. The van der Waals surface area contributed by atoms with Crippen molar-refractivity contribution in [3.63, 3.8) is 0 Å². The third-order valence-corrected chi connectivity index (χ3v) is 3.73. The molecule has 112 valence electrons. The van der Waals surface area contributed by atoms with E-state index in [1.54, 1.807) is 18.5 Å². The second-order valence-corrected chi connectivity index (χ2v) is 5.29. The fraction of sp³-hybridized carbons (Fsp3) is 0.0556. The van der Waals surface area contributed by atoms with Gasteiger partial charge in [-0.1, -0.05) is 30.3 Å². The van der Waals surface area contributed by atoms with Gasteiger partial charge in [-0.3, -0.25) is 4.79 Å². The molecule has 3 aromatic heterocycles. The van der Waals surface area contributed by atoms with E-state index in [1.165, 1.54) is 11.6 Å². The Kier molecular flexibility index (Phi) is 3.24. The number of fused-ring (bicyclic) bond motifs is 1. The highest BCUT2D eigenvalue weighted by Crippen LogP contribution is 2.23. The van der Waals surface area contributed by atoms with Gasteiger partial charge in [0.1, 0.15) is 11.3 Å². The largest absolute Gasteiger partial charge is 0.328 e. The Morgan fingerprint density at radius 1 is 1.00 bits per heavy atom. The van der Waals surface area contributed by atoms with Crippen LogP contribution in [0.1, 0.15) is 5.56 Å². The van der Waals surface area contributed by atoms with Crippen molar-refractivity contribution in [2.45, 2.75) is 6.54 Å². The van der Waals surface area contributed by atoms with Crippen LogP contribution in [0.2, 0.25) is 0 Å². The number of aromatic amines is 1. The summed E-state index contributed by atoms with van der Waals surface area (Å²) in [5.74, 6) is 0.791. The van der Waals surface area contributed by atoms with Crippen LogP contribution in [0.25, 0.3) is 22.6 Å². The number of H-pyrrole nitrogens is 1. The van der Waals surface area contributed by atoms with Crippen LogP contribution < -0.4 is 5.56 Å². The minimum absolute atomic E-state index is 0.127. The molecule has 5 nitrogen and oxygen atoms in total. The molecule has 0 aliphatic rings. The lowest BCUT2D eigenvalue weighted by molar-refractivity contribution is 0.823. The monoisotopic (exact) mass is 302 g/mol. The van der Waals surface area contributed by atoms with Gasteiger partial charge in [-0.2, -0.15) is 0 Å². The first-order chi connectivity index (χ1) is 11.3. The van der Waals surface area contributed by atoms with Crippen molar-refractivity contribution in [2.75, 3.05) is 0 Å². The number of pyridine rings is 2. The first-order valence-corrected chi connectivity index (χ1v) is 7.35. The summed E-state index contributed by atoms with van der Waals surface area (Å²) in [6, 6.07) is 17.3. The van der Waals surface area contributed by atoms with E-state index in [-0.39, 0.29) is 5.56 Å². The van der Waals surface area contributed by atoms with Crippen LogP contribution >= 0.6 is 0 Å². The van der Waals surface area contributed by atoms with Crippen molar-refractivity contribution in [3.8, 4) is 11.4 Å². The van der Waals surface area contributed by atoms with Crippen LogP contribution in [0, 0.1) is 0 Å². The van der Waals surface area contributed by atoms with Gasteiger partial charge in [0, 0.05) is 24.0 Å². The summed E-state index contributed by atoms with van der Waals surface area (Å²) in [7, 11) is 0. The first-order valence-electron chi connectivity index (χ1n) is 7.35. The molecule has 0 radical (unpaired) electrons. The fourth-order valence-electron chi connectivity index (χ4n) is 2.64. The number of imidazole rings is 1. The Morgan fingerprint density at radius 2 is 1.87 bits per heavy atom. The summed E-state index contributed by atoms with van der Waals surface area (Å²) in [6.07, 6.45) is 3.45. The molecule has 3 heterocycles. The SMILES string of the molecule is O=c1ccc(-c2nc3cccnc3n2Cc2ccccc2)c[nH]1. The number of hydrogen-bond acceptors (Lipinski definition) is 3. The summed E-state index contributed by atoms with van der Waals surface area (Å²) in [5.41, 5.74) is 3.57. The van der Waals surface area contributed by atoms with E-state index in [4.69, 9.17) is 0 Å². The molecular weight excluding hydrogens is 288 g/mol. The number of benzene rings is 1. The molecule has 23 heavy (non-hydrogen) atoms. The summed E-state index contributed by atoms with van der Waals surface area (Å²) < 4.78 is 2.07. The maximum absolute atomic E-state index is 11.3. The van der Waals surface area contributed by atoms with Gasteiger partial charge in [-0.25, -0.2) is 9.97 Å². The van der Waals surface area contributed by atoms with Gasteiger partial charge >= 0.3 is 0 Å². The zero-order valence-corrected chi connectivity index (χ0v) is 12.3. The van der Waals surface area contributed by atoms with Gasteiger partial charge in [0.15, 0.2) is 5.65 Å². The van der Waals surface area contributed by atoms with E-state index in [9.17, 15) is 4.79 Å². The smallest absolute Gasteiger partial charge is 0.247 e. The fourth-order valence-corrected chi connectivity index (χ4v) is 2.64. The summed E-state index contributed by atoms with van der Waals surface area (Å²) >= 11 is 0. The third kappa shape index (κ3) is 2.53. The van der Waals surface area contributed by atoms with Crippen molar-refractivity contribution >= 4 is 11.2 Å². The molecule has 4 rings (SSSR count). The minimum Gasteiger partial charge on any atom is -0.328 e. The Balaban J connectivity index is 1.91. The number of aromatic nitrogens is 4. The van der Waals surface area contributed by atoms with E-state index >= 15 is 0 Å². The quantitative estimate of drug-likeness (QED) is 0.633. The van der Waals surface area contributed by atoms with Crippen LogP contribution in [0.4, 0.5) is 0 Å². The summed E-state index contributed by atoms with van der Waals surface area (Å²) in [4.78, 5) is 23.2. The molecule has 0 amide bonds. The lowest BCUT2D eigenvalue weighted by atomic mass is 10.2. The highest BCUT2D eigenvalue weighted by atomic mass is 16.1. The van der Waals surface area contributed by atoms with E-state index in [0.29, 0.717) is 6.54 Å². The molecule has 0 aliphatic heterocycles. The molecular formula is C18H14N4O. The zero-order chi connectivity index (χ0) is 15.6. The molecule has 0 unspecified atom stereocenters. The van der Waals surface area contributed by atoms with Crippen LogP contribution in [0.5, 0.6) is 0 Å². The molecule has 0 spiro atoms. The van der Waals surface area contributed by atoms with Crippen LogP contribution in [-0.2, 0) is 6.54 Å². The van der Waals surface area contributed by atoms with Gasteiger partial charge < -0.3 is 9.55 Å². The van der Waals surface area contributed by atoms with E-state index in [2.05, 4.69) is 31.7 Å². The molecule has 5 heteroatoms. The number of nitrogens with zero attached hydrogens (tertiary/aromatic N) is 3. The first kappa shape index (κ1) is 13.5. The van der Waals surface area contributed by atoms with Crippen molar-refractivity contribution in [1.29, 1.82) is 0 Å². The molecule has 1 N–H and O–H groups in total. The lowest BCUT2D eigenvalue weighted by Crippen LogP contribution is -2.06. The Hall–Kier alpha value is -3.21. The Bertz CT molecular complexity index is 998. The molecule has 0 fully saturated rings. The molecule has 0 saturated heterocycles. The summed E-state index contributed by atoms with van der Waals surface area (Å²) in [5, 5.41) is 0. The van der Waals surface area contributed by atoms with Crippen LogP contribution in [0.15, 0.2) is 71.8 Å². The molecule has 0 atom stereocenters. The van der Waals surface area contributed by atoms with Crippen molar-refractivity contribution < 1.29 is 0 Å². The standard InChI is InChI=1S/C18H14N4O/c23-16-9-8-14(11-20-16)17-21-15-7-4-10-19-18(15)22(17)12-13-5-2-1-3-6-13/h1-11H,12H2,(H,20,23). The van der Waals surface area contributed by atoms with Crippen molar-refractivity contribution in [1.82, 2.24) is 19.5 Å². The molecule has 4 aromatic rings. The zero-order valence-electron chi connectivity index (χ0n) is 12.3. The normalized spacial score (nSPS) is 11.0. The second-order valence-electron chi connectivity index (χ2n) is 5.29. The van der Waals surface area contributed by atoms with Gasteiger partial charge in [0.25, 0.3) is 0 Å². The van der Waals surface area contributed by atoms with Crippen LogP contribution in [-0.4, -0.2) is 19.5 Å². The van der Waals surface area contributed by atoms with Gasteiger partial charge in [-0.05, 0) is 23.8 Å². The Labute approximate surface area is 132 Å². The minimum atomic E-state index is -0.127. The maximum Gasteiger partial charge on any atom is 0.247 e. The van der Waals surface area contributed by atoms with E-state index < -0.39 is 0 Å². The predicted molar refractivity (Wildman–Crippen MR) is 89.1 cm³/mol. The van der Waals surface area contributed by atoms with Gasteiger partial charge in [0.05, 0.1) is 6.54 Å². The van der Waals surface area contributed by atoms with E-state index in [0.717, 1.165) is 22.6 Å². The average Bonchev–Trinajstić information content (AvgIpc) is 2.95. The summed E-state index contributed by atoms with van der Waals surface area (Å²) in [6.45, 7) is 0.669. The molecule has 0 aliphatic carbocycles. The predicted octanol–water partition coefficient (Wildman–Crippen LogP) is 2.83. The molecule has 0 saturated carbocycles.